The summed E-state index contributed by atoms with van der Waals surface area (Å²) >= 11 is 3.73. The van der Waals surface area contributed by atoms with Crippen molar-refractivity contribution < 1.29 is 14.4 Å². The first kappa shape index (κ1) is 21.8. The van der Waals surface area contributed by atoms with Crippen LogP contribution in [0, 0.1) is 0 Å². The fourth-order valence-corrected chi connectivity index (χ4v) is 4.68. The number of carbonyl (C=O) groups excluding carboxylic acids is 3. The lowest BCUT2D eigenvalue weighted by Crippen LogP contribution is -2.13. The highest BCUT2D eigenvalue weighted by molar-refractivity contribution is 8.01. The third-order valence-electron chi connectivity index (χ3n) is 4.08. The summed E-state index contributed by atoms with van der Waals surface area (Å²) in [5.74, 6) is -0.518. The first-order chi connectivity index (χ1) is 15.6. The van der Waals surface area contributed by atoms with E-state index in [2.05, 4.69) is 25.8 Å². The first-order valence-electron chi connectivity index (χ1n) is 9.25. The minimum atomic E-state index is -0.363. The topological polar surface area (TPSA) is 114 Å². The van der Waals surface area contributed by atoms with E-state index in [1.165, 1.54) is 34.4 Å². The van der Waals surface area contributed by atoms with Gasteiger partial charge in [-0.2, -0.15) is 0 Å². The lowest BCUT2D eigenvalue weighted by Gasteiger charge is -2.04. The van der Waals surface area contributed by atoms with Gasteiger partial charge >= 0.3 is 0 Å². The lowest BCUT2D eigenvalue weighted by atomic mass is 10.0. The normalized spacial score (nSPS) is 10.5. The molecule has 32 heavy (non-hydrogen) atoms. The third-order valence-corrected chi connectivity index (χ3v) is 6.74. The Bertz CT molecular complexity index is 1230. The van der Waals surface area contributed by atoms with Crippen LogP contribution < -0.4 is 10.6 Å². The van der Waals surface area contributed by atoms with Gasteiger partial charge in [-0.25, -0.2) is 4.98 Å². The maximum atomic E-state index is 12.5. The molecular formula is C21H15N5O3S3. The highest BCUT2D eigenvalue weighted by atomic mass is 32.2. The molecule has 8 nitrogen and oxygen atoms in total. The van der Waals surface area contributed by atoms with Crippen molar-refractivity contribution >= 4 is 62.3 Å². The number of thioether (sulfide) groups is 1. The fourth-order valence-electron chi connectivity index (χ4n) is 2.58. The van der Waals surface area contributed by atoms with E-state index in [0.29, 0.717) is 31.3 Å². The molecular weight excluding hydrogens is 466 g/mol. The zero-order valence-corrected chi connectivity index (χ0v) is 18.8. The minimum absolute atomic E-state index is 0.109. The van der Waals surface area contributed by atoms with Gasteiger partial charge in [0.05, 0.1) is 5.75 Å². The average Bonchev–Trinajstić information content (AvgIpc) is 3.50. The van der Waals surface area contributed by atoms with Crippen LogP contribution in [-0.4, -0.2) is 38.5 Å². The van der Waals surface area contributed by atoms with E-state index in [1.54, 1.807) is 60.1 Å². The van der Waals surface area contributed by atoms with Gasteiger partial charge < -0.3 is 5.32 Å². The van der Waals surface area contributed by atoms with Crippen molar-refractivity contribution in [2.45, 2.75) is 4.34 Å². The minimum Gasteiger partial charge on any atom is -0.301 e. The number of thiazole rings is 1. The molecule has 2 heterocycles. The van der Waals surface area contributed by atoms with Gasteiger partial charge in [-0.1, -0.05) is 65.6 Å². The van der Waals surface area contributed by atoms with E-state index < -0.39 is 0 Å². The molecule has 0 atom stereocenters. The predicted molar refractivity (Wildman–Crippen MR) is 126 cm³/mol. The molecule has 0 radical (unpaired) electrons. The van der Waals surface area contributed by atoms with Crippen LogP contribution in [0.3, 0.4) is 0 Å². The molecule has 11 heteroatoms. The van der Waals surface area contributed by atoms with E-state index >= 15 is 0 Å². The summed E-state index contributed by atoms with van der Waals surface area (Å²) in [4.78, 5) is 40.9. The summed E-state index contributed by atoms with van der Waals surface area (Å²) in [6.45, 7) is 0. The van der Waals surface area contributed by atoms with Gasteiger partial charge in [-0.3, -0.25) is 19.7 Å². The Morgan fingerprint density at radius 3 is 2.28 bits per heavy atom. The molecule has 0 saturated heterocycles. The number of aromatic nitrogens is 3. The fraction of sp³-hybridized carbons (Fsp3) is 0.0476. The molecule has 2 amide bonds. The zero-order chi connectivity index (χ0) is 22.3. The summed E-state index contributed by atoms with van der Waals surface area (Å²) < 4.78 is 0.554. The summed E-state index contributed by atoms with van der Waals surface area (Å²) in [5, 5.41) is 15.9. The van der Waals surface area contributed by atoms with Crippen LogP contribution in [0.15, 0.2) is 70.5 Å². The van der Waals surface area contributed by atoms with Crippen LogP contribution in [0.5, 0.6) is 0 Å². The molecule has 160 valence electrons. The van der Waals surface area contributed by atoms with Gasteiger partial charge in [0.25, 0.3) is 5.91 Å². The zero-order valence-electron chi connectivity index (χ0n) is 16.3. The molecule has 2 aromatic carbocycles. The highest BCUT2D eigenvalue weighted by Gasteiger charge is 2.14. The van der Waals surface area contributed by atoms with Crippen LogP contribution in [0.4, 0.5) is 10.3 Å². The Morgan fingerprint density at radius 1 is 0.844 bits per heavy atom. The Morgan fingerprint density at radius 2 is 1.56 bits per heavy atom. The molecule has 2 aromatic heterocycles. The molecule has 0 aliphatic rings. The summed E-state index contributed by atoms with van der Waals surface area (Å²) in [5.41, 5.74) is 1.48. The van der Waals surface area contributed by atoms with E-state index in [0.717, 1.165) is 0 Å². The van der Waals surface area contributed by atoms with Crippen LogP contribution in [0.25, 0.3) is 0 Å². The number of rotatable bonds is 8. The Hall–Kier alpha value is -3.41. The number of anilines is 2. The Labute approximate surface area is 195 Å². The second kappa shape index (κ2) is 10.3. The number of carbonyl (C=O) groups is 3. The summed E-state index contributed by atoms with van der Waals surface area (Å²) in [6.07, 6.45) is 1.61. The first-order valence-corrected chi connectivity index (χ1v) is 11.9. The molecule has 0 aliphatic heterocycles. The molecule has 4 aromatic rings. The number of nitrogens with zero attached hydrogens (tertiary/aromatic N) is 3. The van der Waals surface area contributed by atoms with E-state index in [-0.39, 0.29) is 23.4 Å². The van der Waals surface area contributed by atoms with Crippen LogP contribution in [-0.2, 0) is 4.79 Å². The van der Waals surface area contributed by atoms with Crippen molar-refractivity contribution in [2.24, 2.45) is 0 Å². The monoisotopic (exact) mass is 481 g/mol. The number of nitrogens with one attached hydrogen (secondary N) is 2. The van der Waals surface area contributed by atoms with Gasteiger partial charge in [0.2, 0.25) is 11.0 Å². The number of benzene rings is 2. The molecule has 0 unspecified atom stereocenters. The molecule has 0 fully saturated rings. The number of ketones is 1. The molecule has 4 rings (SSSR count). The van der Waals surface area contributed by atoms with E-state index in [4.69, 9.17) is 0 Å². The average molecular weight is 482 g/mol. The Balaban J connectivity index is 1.31. The third kappa shape index (κ3) is 5.63. The molecule has 0 bridgehead atoms. The van der Waals surface area contributed by atoms with E-state index in [1.807, 2.05) is 6.07 Å². The van der Waals surface area contributed by atoms with Crippen molar-refractivity contribution in [3.63, 3.8) is 0 Å². The predicted octanol–water partition coefficient (Wildman–Crippen LogP) is 4.21. The van der Waals surface area contributed by atoms with E-state index in [9.17, 15) is 14.4 Å². The smallest absolute Gasteiger partial charge is 0.257 e. The molecule has 0 aliphatic carbocycles. The van der Waals surface area contributed by atoms with Gasteiger partial charge in [0.15, 0.2) is 15.3 Å². The maximum absolute atomic E-state index is 12.5. The SMILES string of the molecule is O=C(CSc1nnc(NC(=O)c2ccc(C(=O)c3ccccc3)cc2)s1)Nc1nccs1. The number of amides is 2. The Kier molecular flexibility index (Phi) is 7.00. The molecule has 2 N–H and O–H groups in total. The van der Waals surface area contributed by atoms with Crippen LogP contribution in [0.1, 0.15) is 26.3 Å². The van der Waals surface area contributed by atoms with Crippen molar-refractivity contribution in [2.75, 3.05) is 16.4 Å². The van der Waals surface area contributed by atoms with Crippen molar-refractivity contribution in [1.29, 1.82) is 0 Å². The van der Waals surface area contributed by atoms with Crippen molar-refractivity contribution in [3.05, 3.63) is 82.9 Å². The molecule has 0 saturated carbocycles. The summed E-state index contributed by atoms with van der Waals surface area (Å²) in [6, 6.07) is 15.4. The second-order valence-electron chi connectivity index (χ2n) is 6.27. The van der Waals surface area contributed by atoms with Gasteiger partial charge in [0.1, 0.15) is 0 Å². The van der Waals surface area contributed by atoms with Crippen molar-refractivity contribution in [3.8, 4) is 0 Å². The van der Waals surface area contributed by atoms with Crippen LogP contribution >= 0.6 is 34.4 Å². The molecule has 0 spiro atoms. The lowest BCUT2D eigenvalue weighted by molar-refractivity contribution is -0.113. The highest BCUT2D eigenvalue weighted by Crippen LogP contribution is 2.26. The quantitative estimate of drug-likeness (QED) is 0.220. The number of hydrogen-bond donors (Lipinski definition) is 2. The van der Waals surface area contributed by atoms with Gasteiger partial charge in [-0.15, -0.1) is 21.5 Å². The van der Waals surface area contributed by atoms with Crippen LogP contribution in [0.2, 0.25) is 0 Å². The van der Waals surface area contributed by atoms with Gasteiger partial charge in [-0.05, 0) is 12.1 Å². The standard InChI is InChI=1S/C21H15N5O3S3/c27-16(23-19-22-10-11-30-19)12-31-21-26-25-20(32-21)24-18(29)15-8-6-14(7-9-15)17(28)13-4-2-1-3-5-13/h1-11H,12H2,(H,22,23,27)(H,24,25,29). The summed E-state index contributed by atoms with van der Waals surface area (Å²) in [7, 11) is 0. The maximum Gasteiger partial charge on any atom is 0.257 e. The van der Waals surface area contributed by atoms with Crippen molar-refractivity contribution in [1.82, 2.24) is 15.2 Å². The second-order valence-corrected chi connectivity index (χ2v) is 9.37. The largest absolute Gasteiger partial charge is 0.301 e. The number of hydrogen-bond acceptors (Lipinski definition) is 9. The van der Waals surface area contributed by atoms with Gasteiger partial charge in [0, 0.05) is 28.3 Å².